The third-order valence-electron chi connectivity index (χ3n) is 2.99. The number of aliphatic carboxylic acids is 1. The van der Waals surface area contributed by atoms with Gasteiger partial charge in [-0.2, -0.15) is 0 Å². The van der Waals surface area contributed by atoms with Crippen LogP contribution < -0.4 is 5.32 Å². The topological polar surface area (TPSA) is 83.7 Å². The predicted molar refractivity (Wildman–Crippen MR) is 74.1 cm³/mol. The molecule has 2 rings (SSSR count). The van der Waals surface area contributed by atoms with Gasteiger partial charge in [0.05, 0.1) is 5.69 Å². The predicted octanol–water partition coefficient (Wildman–Crippen LogP) is 1.89. The molecule has 2 N–H and O–H groups in total. The number of halogens is 1. The number of nitrogens with zero attached hydrogens (tertiary/aromatic N) is 2. The van der Waals surface area contributed by atoms with Crippen LogP contribution >= 0.6 is 11.6 Å². The fourth-order valence-electron chi connectivity index (χ4n) is 1.98. The van der Waals surface area contributed by atoms with Crippen molar-refractivity contribution in [3.05, 3.63) is 34.7 Å². The Morgan fingerprint density at radius 1 is 1.55 bits per heavy atom. The van der Waals surface area contributed by atoms with E-state index in [4.69, 9.17) is 16.7 Å². The number of carboxylic acid groups (broad SMARTS) is 1. The summed E-state index contributed by atoms with van der Waals surface area (Å²) in [5, 5.41) is 12.0. The zero-order valence-electron chi connectivity index (χ0n) is 11.1. The molecule has 2 heterocycles. The van der Waals surface area contributed by atoms with Crippen molar-refractivity contribution >= 4 is 29.1 Å². The van der Waals surface area contributed by atoms with Crippen molar-refractivity contribution in [2.75, 3.05) is 0 Å². The van der Waals surface area contributed by atoms with E-state index >= 15 is 0 Å². The normalized spacial score (nSPS) is 12.3. The summed E-state index contributed by atoms with van der Waals surface area (Å²) >= 11 is 5.88. The van der Waals surface area contributed by atoms with E-state index in [2.05, 4.69) is 10.3 Å². The number of rotatable bonds is 4. The molecule has 20 heavy (non-hydrogen) atoms. The van der Waals surface area contributed by atoms with Gasteiger partial charge in [-0.05, 0) is 19.4 Å². The van der Waals surface area contributed by atoms with Crippen LogP contribution in [-0.4, -0.2) is 32.4 Å². The first-order valence-corrected chi connectivity index (χ1v) is 6.49. The lowest BCUT2D eigenvalue weighted by molar-refractivity contribution is -0.139. The second kappa shape index (κ2) is 5.50. The minimum atomic E-state index is -1.06. The summed E-state index contributed by atoms with van der Waals surface area (Å²) in [7, 11) is 0. The van der Waals surface area contributed by atoms with Crippen LogP contribution in [0.2, 0.25) is 5.02 Å². The molecule has 1 unspecified atom stereocenters. The molecule has 106 valence electrons. The van der Waals surface area contributed by atoms with Gasteiger partial charge in [0.2, 0.25) is 0 Å². The maximum absolute atomic E-state index is 12.2. The molecular weight excluding hydrogens is 282 g/mol. The second-order valence-corrected chi connectivity index (χ2v) is 4.83. The van der Waals surface area contributed by atoms with Gasteiger partial charge in [0.25, 0.3) is 5.91 Å². The lowest BCUT2D eigenvalue weighted by Crippen LogP contribution is -2.40. The van der Waals surface area contributed by atoms with Crippen LogP contribution in [0.3, 0.4) is 0 Å². The molecule has 0 fully saturated rings. The minimum absolute atomic E-state index is 0.308. The zero-order chi connectivity index (χ0) is 14.9. The number of aromatic nitrogens is 2. The molecule has 2 aromatic rings. The monoisotopic (exact) mass is 295 g/mol. The smallest absolute Gasteiger partial charge is 0.326 e. The number of fused-ring (bicyclic) bond motifs is 1. The Balaban J connectivity index is 2.39. The highest BCUT2D eigenvalue weighted by Gasteiger charge is 2.22. The molecule has 7 heteroatoms. The molecule has 1 amide bonds. The van der Waals surface area contributed by atoms with Crippen molar-refractivity contribution < 1.29 is 14.7 Å². The highest BCUT2D eigenvalue weighted by molar-refractivity contribution is 6.30. The molecule has 0 radical (unpaired) electrons. The lowest BCUT2D eigenvalue weighted by atomic mass is 10.2. The largest absolute Gasteiger partial charge is 0.480 e. The van der Waals surface area contributed by atoms with Crippen molar-refractivity contribution in [1.29, 1.82) is 0 Å². The number of nitrogens with one attached hydrogen (secondary N) is 1. The van der Waals surface area contributed by atoms with Gasteiger partial charge in [0, 0.05) is 17.3 Å². The fraction of sp³-hybridized carbons (Fsp3) is 0.308. The van der Waals surface area contributed by atoms with Gasteiger partial charge in [-0.1, -0.05) is 18.5 Å². The van der Waals surface area contributed by atoms with Crippen molar-refractivity contribution in [2.45, 2.75) is 26.3 Å². The van der Waals surface area contributed by atoms with Crippen LogP contribution in [0.15, 0.2) is 18.3 Å². The quantitative estimate of drug-likeness (QED) is 0.902. The van der Waals surface area contributed by atoms with E-state index < -0.39 is 17.9 Å². The third-order valence-corrected chi connectivity index (χ3v) is 3.22. The van der Waals surface area contributed by atoms with Crippen LogP contribution in [0.1, 0.15) is 29.5 Å². The van der Waals surface area contributed by atoms with Crippen LogP contribution in [0, 0.1) is 6.92 Å². The van der Waals surface area contributed by atoms with Gasteiger partial charge in [0.1, 0.15) is 17.4 Å². The SMILES string of the molecule is CCC(NC(=O)c1c(C)nc2cc(Cl)ccn12)C(=O)O. The zero-order valence-corrected chi connectivity index (χ0v) is 11.8. The maximum atomic E-state index is 12.2. The third kappa shape index (κ3) is 2.60. The maximum Gasteiger partial charge on any atom is 0.326 e. The van der Waals surface area contributed by atoms with Crippen LogP contribution in [0.5, 0.6) is 0 Å². The Hall–Kier alpha value is -2.08. The Morgan fingerprint density at radius 2 is 2.25 bits per heavy atom. The van der Waals surface area contributed by atoms with E-state index in [-0.39, 0.29) is 0 Å². The molecule has 0 aliphatic rings. The van der Waals surface area contributed by atoms with Crippen molar-refractivity contribution in [2.24, 2.45) is 0 Å². The number of carboxylic acids is 1. The number of carbonyl (C=O) groups excluding carboxylic acids is 1. The number of hydrogen-bond acceptors (Lipinski definition) is 3. The summed E-state index contributed by atoms with van der Waals surface area (Å²) < 4.78 is 1.59. The molecule has 0 aliphatic carbocycles. The molecule has 0 aliphatic heterocycles. The number of carbonyl (C=O) groups is 2. The molecule has 0 aromatic carbocycles. The molecule has 0 saturated carbocycles. The number of hydrogen-bond donors (Lipinski definition) is 2. The van der Waals surface area contributed by atoms with Crippen LogP contribution in [0.4, 0.5) is 0 Å². The minimum Gasteiger partial charge on any atom is -0.480 e. The summed E-state index contributed by atoms with van der Waals surface area (Å²) in [5.41, 5.74) is 1.38. The van der Waals surface area contributed by atoms with Gasteiger partial charge in [-0.15, -0.1) is 0 Å². The number of aryl methyl sites for hydroxylation is 1. The first-order chi connectivity index (χ1) is 9.43. The van der Waals surface area contributed by atoms with E-state index in [0.717, 1.165) is 0 Å². The second-order valence-electron chi connectivity index (χ2n) is 4.39. The summed E-state index contributed by atoms with van der Waals surface area (Å²) in [4.78, 5) is 27.4. The molecule has 6 nitrogen and oxygen atoms in total. The lowest BCUT2D eigenvalue weighted by Gasteiger charge is -2.12. The molecule has 0 spiro atoms. The Morgan fingerprint density at radius 3 is 2.85 bits per heavy atom. The number of pyridine rings is 1. The van der Waals surface area contributed by atoms with Crippen LogP contribution in [0.25, 0.3) is 5.65 Å². The van der Waals surface area contributed by atoms with Crippen LogP contribution in [-0.2, 0) is 4.79 Å². The summed E-state index contributed by atoms with van der Waals surface area (Å²) in [5.74, 6) is -1.53. The van der Waals surface area contributed by atoms with E-state index in [0.29, 0.717) is 28.5 Å². The van der Waals surface area contributed by atoms with Crippen molar-refractivity contribution in [3.8, 4) is 0 Å². The van der Waals surface area contributed by atoms with Gasteiger partial charge in [0.15, 0.2) is 0 Å². The van der Waals surface area contributed by atoms with Gasteiger partial charge in [-0.25, -0.2) is 9.78 Å². The highest BCUT2D eigenvalue weighted by atomic mass is 35.5. The molecule has 1 atom stereocenters. The Bertz CT molecular complexity index is 681. The van der Waals surface area contributed by atoms with Crippen molar-refractivity contribution in [1.82, 2.24) is 14.7 Å². The molecule has 0 saturated heterocycles. The van der Waals surface area contributed by atoms with E-state index in [1.165, 1.54) is 0 Å². The fourth-order valence-corrected chi connectivity index (χ4v) is 2.13. The average molecular weight is 296 g/mol. The number of amides is 1. The number of imidazole rings is 1. The first kappa shape index (κ1) is 14.3. The average Bonchev–Trinajstić information content (AvgIpc) is 2.70. The molecule has 0 bridgehead atoms. The van der Waals surface area contributed by atoms with E-state index in [9.17, 15) is 9.59 Å². The first-order valence-electron chi connectivity index (χ1n) is 6.12. The summed E-state index contributed by atoms with van der Waals surface area (Å²) in [6, 6.07) is 2.36. The molecular formula is C13H14ClN3O3. The Labute approximate surface area is 120 Å². The standard InChI is InChI=1S/C13H14ClN3O3/c1-3-9(13(19)20)16-12(18)11-7(2)15-10-6-8(14)4-5-17(10)11/h4-6,9H,3H2,1-2H3,(H,16,18)(H,19,20). The van der Waals surface area contributed by atoms with Gasteiger partial charge in [-0.3, -0.25) is 9.20 Å². The highest BCUT2D eigenvalue weighted by Crippen LogP contribution is 2.16. The summed E-state index contributed by atoms with van der Waals surface area (Å²) in [6.07, 6.45) is 1.94. The summed E-state index contributed by atoms with van der Waals surface area (Å²) in [6.45, 7) is 3.39. The van der Waals surface area contributed by atoms with Gasteiger partial charge >= 0.3 is 5.97 Å². The Kier molecular flexibility index (Phi) is 3.94. The molecule has 2 aromatic heterocycles. The van der Waals surface area contributed by atoms with E-state index in [1.54, 1.807) is 36.6 Å². The van der Waals surface area contributed by atoms with E-state index in [1.807, 2.05) is 0 Å². The van der Waals surface area contributed by atoms with Gasteiger partial charge < -0.3 is 10.4 Å². The van der Waals surface area contributed by atoms with Crippen molar-refractivity contribution in [3.63, 3.8) is 0 Å².